The van der Waals surface area contributed by atoms with Gasteiger partial charge < -0.3 is 14.6 Å². The molecule has 0 radical (unpaired) electrons. The van der Waals surface area contributed by atoms with E-state index in [1.165, 1.54) is 7.11 Å². The van der Waals surface area contributed by atoms with Crippen LogP contribution in [-0.4, -0.2) is 24.8 Å². The Morgan fingerprint density at radius 3 is 2.82 bits per heavy atom. The number of ether oxygens (including phenoxy) is 2. The van der Waals surface area contributed by atoms with Crippen molar-refractivity contribution in [2.45, 2.75) is 12.8 Å². The fraction of sp³-hybridized carbons (Fsp3) is 0.308. The Kier molecular flexibility index (Phi) is 4.89. The van der Waals surface area contributed by atoms with Crippen LogP contribution in [0.25, 0.3) is 0 Å². The van der Waals surface area contributed by atoms with E-state index in [1.807, 2.05) is 6.07 Å². The monoisotopic (exact) mass is 234 g/mol. The van der Waals surface area contributed by atoms with E-state index in [0.29, 0.717) is 17.9 Å². The highest BCUT2D eigenvalue weighted by atomic mass is 16.5. The van der Waals surface area contributed by atoms with Crippen LogP contribution in [0.5, 0.6) is 11.5 Å². The third kappa shape index (κ3) is 4.07. The molecule has 0 saturated heterocycles. The molecule has 0 saturated carbocycles. The summed E-state index contributed by atoms with van der Waals surface area (Å²) in [5.74, 6) is 2.66. The molecule has 0 aliphatic carbocycles. The fourth-order valence-corrected chi connectivity index (χ4v) is 1.36. The highest BCUT2D eigenvalue weighted by Crippen LogP contribution is 2.28. The Morgan fingerprint density at radius 2 is 2.24 bits per heavy atom. The predicted molar refractivity (Wildman–Crippen MR) is 63.3 cm³/mol. The number of hydrogen-bond acceptors (Lipinski definition) is 3. The smallest absolute Gasteiger partial charge is 0.303 e. The van der Waals surface area contributed by atoms with Gasteiger partial charge in [0.2, 0.25) is 0 Å². The van der Waals surface area contributed by atoms with Gasteiger partial charge in [0.15, 0.2) is 11.5 Å². The Morgan fingerprint density at radius 1 is 1.47 bits per heavy atom. The van der Waals surface area contributed by atoms with Gasteiger partial charge in [-0.1, -0.05) is 12.0 Å². The molecule has 1 aromatic rings. The van der Waals surface area contributed by atoms with E-state index in [9.17, 15) is 4.79 Å². The van der Waals surface area contributed by atoms with Crippen molar-refractivity contribution < 1.29 is 19.4 Å². The SMILES string of the molecule is C#CCOc1cc(CCC(=O)O)ccc1OC. The van der Waals surface area contributed by atoms with Crippen LogP contribution in [0.15, 0.2) is 18.2 Å². The molecule has 0 unspecified atom stereocenters. The highest BCUT2D eigenvalue weighted by molar-refractivity contribution is 5.67. The zero-order valence-electron chi connectivity index (χ0n) is 9.60. The predicted octanol–water partition coefficient (Wildman–Crippen LogP) is 1.72. The first-order chi connectivity index (χ1) is 8.17. The second-order valence-corrected chi connectivity index (χ2v) is 3.37. The van der Waals surface area contributed by atoms with Crippen LogP contribution in [-0.2, 0) is 11.2 Å². The van der Waals surface area contributed by atoms with Crippen molar-refractivity contribution in [3.8, 4) is 23.8 Å². The van der Waals surface area contributed by atoms with E-state index in [-0.39, 0.29) is 13.0 Å². The summed E-state index contributed by atoms with van der Waals surface area (Å²) < 4.78 is 10.4. The molecule has 17 heavy (non-hydrogen) atoms. The Hall–Kier alpha value is -2.15. The number of carbonyl (C=O) groups is 1. The lowest BCUT2D eigenvalue weighted by Crippen LogP contribution is -2.00. The number of aryl methyl sites for hydroxylation is 1. The standard InChI is InChI=1S/C13H14O4/c1-3-8-17-12-9-10(5-7-13(14)15)4-6-11(12)16-2/h1,4,6,9H,5,7-8H2,2H3,(H,14,15). The van der Waals surface area contributed by atoms with Crippen molar-refractivity contribution >= 4 is 5.97 Å². The normalized spacial score (nSPS) is 9.41. The molecule has 0 fully saturated rings. The summed E-state index contributed by atoms with van der Waals surface area (Å²) in [7, 11) is 1.54. The maximum absolute atomic E-state index is 10.5. The second-order valence-electron chi connectivity index (χ2n) is 3.37. The molecule has 4 nitrogen and oxygen atoms in total. The zero-order valence-corrected chi connectivity index (χ0v) is 9.60. The van der Waals surface area contributed by atoms with Crippen molar-refractivity contribution in [2.75, 3.05) is 13.7 Å². The summed E-state index contributed by atoms with van der Waals surface area (Å²) in [5.41, 5.74) is 0.875. The highest BCUT2D eigenvalue weighted by Gasteiger charge is 2.06. The number of rotatable bonds is 6. The number of aliphatic carboxylic acids is 1. The van der Waals surface area contributed by atoms with Crippen LogP contribution in [0.4, 0.5) is 0 Å². The van der Waals surface area contributed by atoms with Gasteiger partial charge in [-0.15, -0.1) is 6.42 Å². The Balaban J connectivity index is 2.81. The van der Waals surface area contributed by atoms with Gasteiger partial charge in [-0.25, -0.2) is 0 Å². The molecule has 4 heteroatoms. The third-order valence-corrected chi connectivity index (χ3v) is 2.17. The number of benzene rings is 1. The molecule has 0 aromatic heterocycles. The first kappa shape index (κ1) is 12.9. The van der Waals surface area contributed by atoms with Crippen LogP contribution < -0.4 is 9.47 Å². The summed E-state index contributed by atoms with van der Waals surface area (Å²) in [6, 6.07) is 5.30. The lowest BCUT2D eigenvalue weighted by molar-refractivity contribution is -0.136. The summed E-state index contributed by atoms with van der Waals surface area (Å²) in [4.78, 5) is 10.5. The molecule has 1 aromatic carbocycles. The number of terminal acetylenes is 1. The van der Waals surface area contributed by atoms with Crippen molar-refractivity contribution in [3.63, 3.8) is 0 Å². The van der Waals surface area contributed by atoms with Crippen LogP contribution in [0, 0.1) is 12.3 Å². The van der Waals surface area contributed by atoms with Gasteiger partial charge in [0.05, 0.1) is 7.11 Å². The van der Waals surface area contributed by atoms with Gasteiger partial charge in [-0.05, 0) is 24.1 Å². The molecule has 0 aliphatic rings. The number of hydrogen-bond donors (Lipinski definition) is 1. The minimum atomic E-state index is -0.827. The van der Waals surface area contributed by atoms with Crippen LogP contribution in [0.2, 0.25) is 0 Å². The molecule has 0 heterocycles. The molecule has 0 amide bonds. The van der Waals surface area contributed by atoms with Gasteiger partial charge in [-0.2, -0.15) is 0 Å². The van der Waals surface area contributed by atoms with Crippen molar-refractivity contribution in [3.05, 3.63) is 23.8 Å². The van der Waals surface area contributed by atoms with E-state index in [1.54, 1.807) is 12.1 Å². The maximum Gasteiger partial charge on any atom is 0.303 e. The van der Waals surface area contributed by atoms with Gasteiger partial charge in [0, 0.05) is 6.42 Å². The van der Waals surface area contributed by atoms with Crippen molar-refractivity contribution in [1.29, 1.82) is 0 Å². The summed E-state index contributed by atoms with van der Waals surface area (Å²) >= 11 is 0. The fourth-order valence-electron chi connectivity index (χ4n) is 1.36. The van der Waals surface area contributed by atoms with Crippen molar-refractivity contribution in [1.82, 2.24) is 0 Å². The molecule has 1 N–H and O–H groups in total. The summed E-state index contributed by atoms with van der Waals surface area (Å²) in [5, 5.41) is 8.60. The molecule has 90 valence electrons. The Labute approximate surface area is 100 Å². The van der Waals surface area contributed by atoms with Gasteiger partial charge in [0.1, 0.15) is 6.61 Å². The molecule has 0 atom stereocenters. The molecule has 0 spiro atoms. The van der Waals surface area contributed by atoms with Crippen molar-refractivity contribution in [2.24, 2.45) is 0 Å². The topological polar surface area (TPSA) is 55.8 Å². The van der Waals surface area contributed by atoms with Crippen LogP contribution in [0.1, 0.15) is 12.0 Å². The summed E-state index contributed by atoms with van der Waals surface area (Å²) in [6.45, 7) is 0.152. The minimum absolute atomic E-state index is 0.0842. The molecular formula is C13H14O4. The average Bonchev–Trinajstić information content (AvgIpc) is 2.33. The molecular weight excluding hydrogens is 220 g/mol. The minimum Gasteiger partial charge on any atom is -0.493 e. The number of carboxylic acids is 1. The van der Waals surface area contributed by atoms with E-state index < -0.39 is 5.97 Å². The lowest BCUT2D eigenvalue weighted by atomic mass is 10.1. The third-order valence-electron chi connectivity index (χ3n) is 2.17. The Bertz CT molecular complexity index is 432. The largest absolute Gasteiger partial charge is 0.493 e. The average molecular weight is 234 g/mol. The molecule has 0 bridgehead atoms. The van der Waals surface area contributed by atoms with Crippen LogP contribution in [0.3, 0.4) is 0 Å². The second kappa shape index (κ2) is 6.44. The quantitative estimate of drug-likeness (QED) is 0.761. The van der Waals surface area contributed by atoms with Gasteiger partial charge >= 0.3 is 5.97 Å². The van der Waals surface area contributed by atoms with E-state index >= 15 is 0 Å². The van der Waals surface area contributed by atoms with Gasteiger partial charge in [-0.3, -0.25) is 4.79 Å². The van der Waals surface area contributed by atoms with Crippen LogP contribution >= 0.6 is 0 Å². The van der Waals surface area contributed by atoms with E-state index in [2.05, 4.69) is 5.92 Å². The molecule has 1 rings (SSSR count). The molecule has 0 aliphatic heterocycles. The van der Waals surface area contributed by atoms with Gasteiger partial charge in [0.25, 0.3) is 0 Å². The van der Waals surface area contributed by atoms with E-state index in [4.69, 9.17) is 21.0 Å². The zero-order chi connectivity index (χ0) is 12.7. The maximum atomic E-state index is 10.5. The lowest BCUT2D eigenvalue weighted by Gasteiger charge is -2.10. The number of methoxy groups -OCH3 is 1. The first-order valence-corrected chi connectivity index (χ1v) is 5.12. The summed E-state index contributed by atoms with van der Waals surface area (Å²) in [6.07, 6.45) is 5.65. The number of carboxylic acid groups (broad SMARTS) is 1. The first-order valence-electron chi connectivity index (χ1n) is 5.12. The van der Waals surface area contributed by atoms with E-state index in [0.717, 1.165) is 5.56 Å².